The Morgan fingerprint density at radius 2 is 1.91 bits per heavy atom. The van der Waals surface area contributed by atoms with Crippen molar-refractivity contribution in [2.24, 2.45) is 0 Å². The van der Waals surface area contributed by atoms with Crippen LogP contribution in [-0.4, -0.2) is 43.8 Å². The number of fused-ring (bicyclic) bond motifs is 5. The molecule has 33 heavy (non-hydrogen) atoms. The molecule has 0 atom stereocenters. The predicted octanol–water partition coefficient (Wildman–Crippen LogP) is 3.99. The lowest BCUT2D eigenvalue weighted by Crippen LogP contribution is -2.18. The highest BCUT2D eigenvalue weighted by Gasteiger charge is 2.29. The Labute approximate surface area is 184 Å². The van der Waals surface area contributed by atoms with E-state index in [0.29, 0.717) is 39.7 Å². The molecule has 0 spiro atoms. The molecule has 0 aliphatic carbocycles. The van der Waals surface area contributed by atoms with Crippen LogP contribution in [0.5, 0.6) is 11.5 Å². The Morgan fingerprint density at radius 1 is 1.12 bits per heavy atom. The van der Waals surface area contributed by atoms with E-state index in [9.17, 15) is 17.6 Å². The second-order valence-corrected chi connectivity index (χ2v) is 7.51. The molecular formula is C21H18F4N6O2. The third kappa shape index (κ3) is 4.03. The van der Waals surface area contributed by atoms with E-state index >= 15 is 0 Å². The highest BCUT2D eigenvalue weighted by atomic mass is 19.4. The van der Waals surface area contributed by atoms with Crippen molar-refractivity contribution in [1.82, 2.24) is 24.4 Å². The second-order valence-electron chi connectivity index (χ2n) is 7.51. The standard InChI is InChI=1S/C21H18F4N6O2/c1-12-14-9-26-20-18(33-7-6-32-17(12)3-2-15(14)22)8-13(19-28-27-11-31(19)20)16-4-5-30(29-16)10-21(23,24)25/h2-5,8,11,26H,6-7,9-10H2,1H3. The lowest BCUT2D eigenvalue weighted by Gasteiger charge is -2.16. The highest BCUT2D eigenvalue weighted by molar-refractivity contribution is 5.80. The summed E-state index contributed by atoms with van der Waals surface area (Å²) in [6, 6.07) is 6.03. The van der Waals surface area contributed by atoms with Crippen molar-refractivity contribution in [3.63, 3.8) is 0 Å². The number of ether oxygens (including phenoxy) is 2. The molecule has 8 nitrogen and oxygen atoms in total. The van der Waals surface area contributed by atoms with E-state index in [1.54, 1.807) is 23.5 Å². The van der Waals surface area contributed by atoms with E-state index in [1.807, 2.05) is 0 Å². The number of hydrogen-bond donors (Lipinski definition) is 1. The van der Waals surface area contributed by atoms with E-state index in [1.165, 1.54) is 24.7 Å². The number of anilines is 1. The van der Waals surface area contributed by atoms with Gasteiger partial charge in [-0.15, -0.1) is 10.2 Å². The van der Waals surface area contributed by atoms with Crippen LogP contribution in [0.1, 0.15) is 11.1 Å². The zero-order valence-electron chi connectivity index (χ0n) is 17.4. The van der Waals surface area contributed by atoms with E-state index in [0.717, 1.165) is 4.68 Å². The minimum atomic E-state index is -4.40. The molecule has 4 aromatic rings. The maximum Gasteiger partial charge on any atom is 0.408 e. The van der Waals surface area contributed by atoms with E-state index in [2.05, 4.69) is 20.6 Å². The van der Waals surface area contributed by atoms with Gasteiger partial charge in [-0.2, -0.15) is 18.3 Å². The summed E-state index contributed by atoms with van der Waals surface area (Å²) in [4.78, 5) is 0. The van der Waals surface area contributed by atoms with Crippen LogP contribution in [0, 0.1) is 12.7 Å². The highest BCUT2D eigenvalue weighted by Crippen LogP contribution is 2.35. The van der Waals surface area contributed by atoms with Crippen molar-refractivity contribution >= 4 is 11.5 Å². The molecule has 2 bridgehead atoms. The van der Waals surface area contributed by atoms with Gasteiger partial charge in [-0.25, -0.2) is 4.39 Å². The average molecular weight is 462 g/mol. The first kappa shape index (κ1) is 21.0. The molecule has 1 aliphatic heterocycles. The lowest BCUT2D eigenvalue weighted by atomic mass is 10.1. The molecule has 0 saturated carbocycles. The number of benzene rings is 1. The molecule has 172 valence electrons. The fourth-order valence-corrected chi connectivity index (χ4v) is 3.76. The summed E-state index contributed by atoms with van der Waals surface area (Å²) in [5, 5.41) is 15.3. The van der Waals surface area contributed by atoms with Crippen molar-refractivity contribution in [2.75, 3.05) is 18.5 Å². The summed E-state index contributed by atoms with van der Waals surface area (Å²) >= 11 is 0. The van der Waals surface area contributed by atoms with Gasteiger partial charge in [0, 0.05) is 18.3 Å². The Kier molecular flexibility index (Phi) is 5.06. The lowest BCUT2D eigenvalue weighted by molar-refractivity contribution is -0.142. The quantitative estimate of drug-likeness (QED) is 0.454. The summed E-state index contributed by atoms with van der Waals surface area (Å²) in [6.07, 6.45) is -1.71. The molecule has 3 aromatic heterocycles. The predicted molar refractivity (Wildman–Crippen MR) is 110 cm³/mol. The number of halogens is 4. The second kappa shape index (κ2) is 7.94. The molecule has 4 heterocycles. The van der Waals surface area contributed by atoms with Crippen molar-refractivity contribution in [2.45, 2.75) is 26.2 Å². The summed E-state index contributed by atoms with van der Waals surface area (Å²) in [5.74, 6) is 1.04. The molecule has 1 N–H and O–H groups in total. The van der Waals surface area contributed by atoms with Gasteiger partial charge in [0.25, 0.3) is 0 Å². The summed E-state index contributed by atoms with van der Waals surface area (Å²) in [5.41, 5.74) is 2.20. The molecule has 5 rings (SSSR count). The third-order valence-corrected chi connectivity index (χ3v) is 5.32. The smallest absolute Gasteiger partial charge is 0.408 e. The SMILES string of the molecule is Cc1c2ccc(F)c1CNc1c(cc(-c3ccn(CC(F)(F)F)n3)c3nncn13)OCCO2. The van der Waals surface area contributed by atoms with Gasteiger partial charge in [0.2, 0.25) is 0 Å². The topological polar surface area (TPSA) is 78.5 Å². The van der Waals surface area contributed by atoms with Gasteiger partial charge in [0.05, 0.1) is 11.3 Å². The minimum absolute atomic E-state index is 0.137. The monoisotopic (exact) mass is 462 g/mol. The molecule has 0 unspecified atom stereocenters. The minimum Gasteiger partial charge on any atom is -0.490 e. The number of aromatic nitrogens is 5. The molecule has 1 aliphatic rings. The summed E-state index contributed by atoms with van der Waals surface area (Å²) in [7, 11) is 0. The number of nitrogens with zero attached hydrogens (tertiary/aromatic N) is 5. The van der Waals surface area contributed by atoms with E-state index < -0.39 is 12.7 Å². The van der Waals surface area contributed by atoms with Crippen LogP contribution >= 0.6 is 0 Å². The van der Waals surface area contributed by atoms with Crippen LogP contribution < -0.4 is 14.8 Å². The number of nitrogens with one attached hydrogen (secondary N) is 1. The van der Waals surface area contributed by atoms with Crippen molar-refractivity contribution < 1.29 is 27.0 Å². The number of rotatable bonds is 2. The fourth-order valence-electron chi connectivity index (χ4n) is 3.76. The maximum atomic E-state index is 14.5. The Bertz CT molecular complexity index is 1330. The maximum absolute atomic E-state index is 14.5. The Morgan fingerprint density at radius 3 is 2.70 bits per heavy atom. The van der Waals surface area contributed by atoms with Crippen LogP contribution in [0.2, 0.25) is 0 Å². The van der Waals surface area contributed by atoms with Gasteiger partial charge in [-0.05, 0) is 36.8 Å². The van der Waals surface area contributed by atoms with Crippen molar-refractivity contribution in [3.05, 3.63) is 53.7 Å². The number of alkyl halides is 3. The van der Waals surface area contributed by atoms with Crippen LogP contribution in [0.4, 0.5) is 23.4 Å². The van der Waals surface area contributed by atoms with Crippen molar-refractivity contribution in [1.29, 1.82) is 0 Å². The van der Waals surface area contributed by atoms with Gasteiger partial charge in [0.15, 0.2) is 17.2 Å². The molecule has 0 radical (unpaired) electrons. The van der Waals surface area contributed by atoms with Crippen molar-refractivity contribution in [3.8, 4) is 22.8 Å². The third-order valence-electron chi connectivity index (χ3n) is 5.32. The summed E-state index contributed by atoms with van der Waals surface area (Å²) < 4.78 is 66.8. The molecule has 0 amide bonds. The van der Waals surface area contributed by atoms with Gasteiger partial charge in [-0.3, -0.25) is 9.08 Å². The normalized spacial score (nSPS) is 14.1. The molecule has 1 aromatic carbocycles. The van der Waals surface area contributed by atoms with Crippen LogP contribution in [0.15, 0.2) is 36.8 Å². The molecular weight excluding hydrogens is 444 g/mol. The van der Waals surface area contributed by atoms with Gasteiger partial charge < -0.3 is 14.8 Å². The molecule has 0 fully saturated rings. The largest absolute Gasteiger partial charge is 0.490 e. The Hall–Kier alpha value is -3.83. The van der Waals surface area contributed by atoms with Crippen LogP contribution in [0.25, 0.3) is 16.9 Å². The zero-order valence-corrected chi connectivity index (χ0v) is 17.4. The van der Waals surface area contributed by atoms with Gasteiger partial charge >= 0.3 is 6.18 Å². The van der Waals surface area contributed by atoms with Gasteiger partial charge in [-0.1, -0.05) is 0 Å². The van der Waals surface area contributed by atoms with E-state index in [4.69, 9.17) is 9.47 Å². The Balaban J connectivity index is 1.58. The zero-order chi connectivity index (χ0) is 23.2. The van der Waals surface area contributed by atoms with E-state index in [-0.39, 0.29) is 31.3 Å². The number of pyridine rings is 1. The molecule has 0 saturated heterocycles. The average Bonchev–Trinajstić information content (AvgIpc) is 3.40. The first-order chi connectivity index (χ1) is 15.8. The van der Waals surface area contributed by atoms with Gasteiger partial charge in [0.1, 0.15) is 37.7 Å². The first-order valence-corrected chi connectivity index (χ1v) is 10.0. The summed E-state index contributed by atoms with van der Waals surface area (Å²) in [6.45, 7) is 1.10. The molecule has 12 heteroatoms. The number of hydrogen-bond acceptors (Lipinski definition) is 6. The van der Waals surface area contributed by atoms with Crippen LogP contribution in [-0.2, 0) is 13.1 Å². The van der Waals surface area contributed by atoms with Crippen LogP contribution in [0.3, 0.4) is 0 Å². The fraction of sp³-hybridized carbons (Fsp3) is 0.286. The first-order valence-electron chi connectivity index (χ1n) is 10.0.